The van der Waals surface area contributed by atoms with Crippen LogP contribution in [0.5, 0.6) is 0 Å². The van der Waals surface area contributed by atoms with E-state index in [0.717, 1.165) is 11.1 Å². The fourth-order valence-electron chi connectivity index (χ4n) is 3.25. The number of benzene rings is 3. The molecule has 8 nitrogen and oxygen atoms in total. The third kappa shape index (κ3) is 5.24. The summed E-state index contributed by atoms with van der Waals surface area (Å²) in [4.78, 5) is 25.1. The van der Waals surface area contributed by atoms with E-state index in [0.29, 0.717) is 11.6 Å². The van der Waals surface area contributed by atoms with Crippen molar-refractivity contribution < 1.29 is 18.7 Å². The number of urea groups is 1. The maximum atomic E-state index is 12.9. The van der Waals surface area contributed by atoms with E-state index in [1.807, 2.05) is 60.7 Å². The van der Waals surface area contributed by atoms with Crippen LogP contribution in [0.2, 0.25) is 0 Å². The van der Waals surface area contributed by atoms with Crippen molar-refractivity contribution in [3.8, 4) is 11.5 Å². The van der Waals surface area contributed by atoms with Gasteiger partial charge in [0, 0.05) is 5.56 Å². The summed E-state index contributed by atoms with van der Waals surface area (Å²) in [5.41, 5.74) is 2.12. The number of para-hydroxylation sites is 1. The first-order valence-corrected chi connectivity index (χ1v) is 10.4. The summed E-state index contributed by atoms with van der Waals surface area (Å²) < 4.78 is 11.0. The summed E-state index contributed by atoms with van der Waals surface area (Å²) in [5, 5.41) is 13.9. The number of anilines is 1. The minimum atomic E-state index is -0.703. The quantitative estimate of drug-likeness (QED) is 0.397. The minimum Gasteiger partial charge on any atom is -0.462 e. The average molecular weight is 442 g/mol. The first-order chi connectivity index (χ1) is 16.2. The van der Waals surface area contributed by atoms with Crippen LogP contribution in [-0.2, 0) is 4.74 Å². The monoisotopic (exact) mass is 442 g/mol. The predicted octanol–water partition coefficient (Wildman–Crippen LogP) is 4.82. The molecule has 0 radical (unpaired) electrons. The predicted molar refractivity (Wildman–Crippen MR) is 123 cm³/mol. The lowest BCUT2D eigenvalue weighted by atomic mass is 10.1. The number of nitrogens with one attached hydrogen (secondary N) is 2. The Bertz CT molecular complexity index is 1230. The van der Waals surface area contributed by atoms with Gasteiger partial charge in [0.15, 0.2) is 0 Å². The van der Waals surface area contributed by atoms with E-state index in [9.17, 15) is 9.59 Å². The Morgan fingerprint density at radius 3 is 2.30 bits per heavy atom. The Hall–Kier alpha value is -4.46. The van der Waals surface area contributed by atoms with Crippen LogP contribution in [0.15, 0.2) is 89.3 Å². The zero-order valence-electron chi connectivity index (χ0n) is 17.9. The summed E-state index contributed by atoms with van der Waals surface area (Å²) >= 11 is 0. The number of hydrogen-bond acceptors (Lipinski definition) is 6. The summed E-state index contributed by atoms with van der Waals surface area (Å²) in [5.74, 6) is 0.0627. The molecule has 0 unspecified atom stereocenters. The van der Waals surface area contributed by atoms with E-state index in [1.165, 1.54) is 0 Å². The number of aromatic nitrogens is 2. The van der Waals surface area contributed by atoms with E-state index in [2.05, 4.69) is 20.8 Å². The van der Waals surface area contributed by atoms with E-state index in [4.69, 9.17) is 9.15 Å². The van der Waals surface area contributed by atoms with Gasteiger partial charge in [0.25, 0.3) is 0 Å². The Kier molecular flexibility index (Phi) is 6.75. The minimum absolute atomic E-state index is 0.230. The number of nitrogens with zero attached hydrogens (tertiary/aromatic N) is 2. The van der Waals surface area contributed by atoms with Crippen molar-refractivity contribution in [2.45, 2.75) is 13.0 Å². The Labute approximate surface area is 190 Å². The highest BCUT2D eigenvalue weighted by molar-refractivity contribution is 6.00. The highest BCUT2D eigenvalue weighted by Gasteiger charge is 2.24. The second-order valence-electron chi connectivity index (χ2n) is 7.02. The summed E-state index contributed by atoms with van der Waals surface area (Å²) in [7, 11) is 0. The van der Waals surface area contributed by atoms with E-state index >= 15 is 0 Å². The molecule has 0 saturated carbocycles. The second kappa shape index (κ2) is 10.2. The average Bonchev–Trinajstić information content (AvgIpc) is 3.34. The van der Waals surface area contributed by atoms with Gasteiger partial charge in [-0.1, -0.05) is 60.7 Å². The van der Waals surface area contributed by atoms with E-state index in [1.54, 1.807) is 31.2 Å². The molecule has 4 aromatic rings. The van der Waals surface area contributed by atoms with Gasteiger partial charge >= 0.3 is 12.0 Å². The zero-order chi connectivity index (χ0) is 23.0. The van der Waals surface area contributed by atoms with Gasteiger partial charge < -0.3 is 19.8 Å². The van der Waals surface area contributed by atoms with Gasteiger partial charge in [-0.25, -0.2) is 9.59 Å². The smallest absolute Gasteiger partial charge is 0.340 e. The van der Waals surface area contributed by atoms with Crippen molar-refractivity contribution in [1.29, 1.82) is 0 Å². The molecule has 166 valence electrons. The van der Waals surface area contributed by atoms with Gasteiger partial charge in [0.2, 0.25) is 11.8 Å². The topological polar surface area (TPSA) is 106 Å². The van der Waals surface area contributed by atoms with Crippen LogP contribution in [0, 0.1) is 0 Å². The molecule has 4 rings (SSSR count). The van der Waals surface area contributed by atoms with Gasteiger partial charge in [-0.05, 0) is 36.8 Å². The van der Waals surface area contributed by atoms with Gasteiger partial charge in [0.05, 0.1) is 17.9 Å². The molecule has 1 atom stereocenters. The number of ether oxygens (including phenoxy) is 1. The molecule has 1 aromatic heterocycles. The van der Waals surface area contributed by atoms with Crippen molar-refractivity contribution in [2.75, 3.05) is 11.9 Å². The number of carbonyl (C=O) groups excluding carboxylic acids is 2. The molecule has 0 fully saturated rings. The molecule has 0 aliphatic heterocycles. The molecule has 0 aliphatic carbocycles. The first-order valence-electron chi connectivity index (χ1n) is 10.4. The molecule has 33 heavy (non-hydrogen) atoms. The van der Waals surface area contributed by atoms with E-state index < -0.39 is 18.0 Å². The van der Waals surface area contributed by atoms with Crippen molar-refractivity contribution >= 4 is 17.7 Å². The summed E-state index contributed by atoms with van der Waals surface area (Å²) in [6.45, 7) is 1.95. The number of amides is 2. The van der Waals surface area contributed by atoms with Crippen LogP contribution in [-0.4, -0.2) is 28.8 Å². The SMILES string of the molecule is CCOC(=O)c1ccccc1NC(=O)N[C@@H](c1ccccc1)c1nnc(-c2ccccc2)o1. The van der Waals surface area contributed by atoms with Crippen molar-refractivity contribution in [2.24, 2.45) is 0 Å². The number of carbonyl (C=O) groups is 2. The molecule has 0 aliphatic rings. The highest BCUT2D eigenvalue weighted by atomic mass is 16.5. The second-order valence-corrected chi connectivity index (χ2v) is 7.02. The third-order valence-corrected chi connectivity index (χ3v) is 4.79. The normalized spacial score (nSPS) is 11.4. The van der Waals surface area contributed by atoms with Gasteiger partial charge in [-0.2, -0.15) is 0 Å². The Balaban J connectivity index is 1.58. The fraction of sp³-hybridized carbons (Fsp3) is 0.120. The summed E-state index contributed by atoms with van der Waals surface area (Å²) in [6, 6.07) is 24.0. The first kappa shape index (κ1) is 21.8. The molecule has 2 N–H and O–H groups in total. The van der Waals surface area contributed by atoms with Crippen molar-refractivity contribution in [3.63, 3.8) is 0 Å². The van der Waals surface area contributed by atoms with Crippen LogP contribution in [0.25, 0.3) is 11.5 Å². The maximum Gasteiger partial charge on any atom is 0.340 e. The molecular weight excluding hydrogens is 420 g/mol. The molecule has 0 spiro atoms. The summed E-state index contributed by atoms with van der Waals surface area (Å²) in [6.07, 6.45) is 0. The van der Waals surface area contributed by atoms with Gasteiger partial charge in [0.1, 0.15) is 6.04 Å². The molecule has 3 aromatic carbocycles. The molecule has 1 heterocycles. The van der Waals surface area contributed by atoms with Gasteiger partial charge in [-0.3, -0.25) is 0 Å². The maximum absolute atomic E-state index is 12.9. The van der Waals surface area contributed by atoms with Crippen LogP contribution in [0.3, 0.4) is 0 Å². The van der Waals surface area contributed by atoms with Crippen molar-refractivity contribution in [3.05, 3.63) is 102 Å². The molecule has 0 saturated heterocycles. The number of rotatable bonds is 7. The van der Waals surface area contributed by atoms with Crippen LogP contribution >= 0.6 is 0 Å². The van der Waals surface area contributed by atoms with Crippen LogP contribution in [0.4, 0.5) is 10.5 Å². The molecule has 8 heteroatoms. The molecule has 2 amide bonds. The lowest BCUT2D eigenvalue weighted by Gasteiger charge is -2.17. The molecular formula is C25H22N4O4. The zero-order valence-corrected chi connectivity index (χ0v) is 17.9. The lowest BCUT2D eigenvalue weighted by Crippen LogP contribution is -2.34. The largest absolute Gasteiger partial charge is 0.462 e. The number of esters is 1. The highest BCUT2D eigenvalue weighted by Crippen LogP contribution is 2.25. The number of hydrogen-bond donors (Lipinski definition) is 2. The van der Waals surface area contributed by atoms with Crippen molar-refractivity contribution in [1.82, 2.24) is 15.5 Å². The lowest BCUT2D eigenvalue weighted by molar-refractivity contribution is 0.0527. The van der Waals surface area contributed by atoms with E-state index in [-0.39, 0.29) is 18.1 Å². The fourth-order valence-corrected chi connectivity index (χ4v) is 3.25. The Morgan fingerprint density at radius 1 is 0.909 bits per heavy atom. The van der Waals surface area contributed by atoms with Crippen LogP contribution < -0.4 is 10.6 Å². The third-order valence-electron chi connectivity index (χ3n) is 4.79. The standard InChI is InChI=1S/C25H22N4O4/c1-2-32-24(30)19-15-9-10-16-20(19)26-25(31)27-21(17-11-5-3-6-12-17)23-29-28-22(33-23)18-13-7-4-8-14-18/h3-16,21H,2H2,1H3,(H2,26,27,31)/t21-/m0/s1. The van der Waals surface area contributed by atoms with Gasteiger partial charge in [-0.15, -0.1) is 10.2 Å². The Morgan fingerprint density at radius 2 is 1.58 bits per heavy atom. The molecule has 0 bridgehead atoms. The van der Waals surface area contributed by atoms with Crippen LogP contribution in [0.1, 0.15) is 34.8 Å².